The van der Waals surface area contributed by atoms with Crippen LogP contribution >= 0.6 is 0 Å². The van der Waals surface area contributed by atoms with E-state index in [1.54, 1.807) is 0 Å². The smallest absolute Gasteiger partial charge is 0.150 e. The number of benzene rings is 1. The molecule has 3 unspecified atom stereocenters. The van der Waals surface area contributed by atoms with Crippen LogP contribution in [0.25, 0.3) is 0 Å². The molecule has 0 N–H and O–H groups in total. The molecule has 1 fully saturated rings. The molecule has 0 radical (unpaired) electrons. The average molecular weight is 279 g/mol. The van der Waals surface area contributed by atoms with E-state index in [-0.39, 0.29) is 0 Å². The van der Waals surface area contributed by atoms with E-state index in [9.17, 15) is 4.79 Å². The van der Waals surface area contributed by atoms with Crippen LogP contribution in [0.15, 0.2) is 42.1 Å². The quantitative estimate of drug-likeness (QED) is 0.746. The molecule has 0 saturated heterocycles. The molecule has 0 amide bonds. The number of fused-ring (bicyclic) bond motifs is 3. The van der Waals surface area contributed by atoms with E-state index >= 15 is 0 Å². The van der Waals surface area contributed by atoms with Crippen molar-refractivity contribution in [3.8, 4) is 0 Å². The Hall–Kier alpha value is -1.83. The van der Waals surface area contributed by atoms with Crippen LogP contribution in [0.3, 0.4) is 0 Å². The van der Waals surface area contributed by atoms with E-state index < -0.39 is 0 Å². The summed E-state index contributed by atoms with van der Waals surface area (Å²) in [5.41, 5.74) is 4.99. The van der Waals surface area contributed by atoms with Crippen molar-refractivity contribution in [2.75, 3.05) is 4.90 Å². The summed E-state index contributed by atoms with van der Waals surface area (Å²) in [5, 5.41) is 0. The molecule has 3 aliphatic rings. The van der Waals surface area contributed by atoms with Crippen LogP contribution in [0.4, 0.5) is 5.69 Å². The minimum atomic E-state index is 0.604. The molecule has 1 aromatic carbocycles. The summed E-state index contributed by atoms with van der Waals surface area (Å²) < 4.78 is 0. The van der Waals surface area contributed by atoms with E-state index in [4.69, 9.17) is 0 Å². The van der Waals surface area contributed by atoms with Gasteiger partial charge in [0.15, 0.2) is 0 Å². The number of hydrogen-bond acceptors (Lipinski definition) is 2. The number of allylic oxidation sites excluding steroid dienone is 4. The Bertz CT molecular complexity index is 643. The zero-order chi connectivity index (χ0) is 14.4. The van der Waals surface area contributed by atoms with Crippen molar-refractivity contribution in [3.63, 3.8) is 0 Å². The maximum atomic E-state index is 11.1. The lowest BCUT2D eigenvalue weighted by atomic mass is 9.96. The predicted molar refractivity (Wildman–Crippen MR) is 85.7 cm³/mol. The van der Waals surface area contributed by atoms with Gasteiger partial charge < -0.3 is 4.90 Å². The first kappa shape index (κ1) is 12.9. The van der Waals surface area contributed by atoms with Crippen molar-refractivity contribution in [1.29, 1.82) is 0 Å². The zero-order valence-corrected chi connectivity index (χ0v) is 12.5. The Morgan fingerprint density at radius 1 is 1.29 bits per heavy atom. The molecule has 108 valence electrons. The molecule has 2 nitrogen and oxygen atoms in total. The van der Waals surface area contributed by atoms with Crippen molar-refractivity contribution in [3.05, 3.63) is 53.3 Å². The van der Waals surface area contributed by atoms with E-state index in [2.05, 4.69) is 42.2 Å². The molecular weight excluding hydrogens is 258 g/mol. The van der Waals surface area contributed by atoms with Crippen LogP contribution in [-0.4, -0.2) is 12.3 Å². The number of carbonyl (C=O) groups is 1. The topological polar surface area (TPSA) is 20.3 Å². The Morgan fingerprint density at radius 3 is 3.00 bits per heavy atom. The Kier molecular flexibility index (Phi) is 2.99. The van der Waals surface area contributed by atoms with E-state index in [1.807, 2.05) is 6.07 Å². The van der Waals surface area contributed by atoms with Gasteiger partial charge in [0.25, 0.3) is 0 Å². The SMILES string of the molecule is CC1C=CC=C(N2c3ccc(C=O)cc3C3CCCC32)C1. The normalized spacial score (nSPS) is 30.0. The van der Waals surface area contributed by atoms with Gasteiger partial charge in [-0.1, -0.05) is 25.5 Å². The average Bonchev–Trinajstić information content (AvgIpc) is 3.06. The highest BCUT2D eigenvalue weighted by Gasteiger charge is 2.42. The minimum absolute atomic E-state index is 0.604. The standard InChI is InChI=1S/C19H21NO/c1-13-4-2-5-15(10-13)20-18-7-3-6-16(18)17-11-14(12-21)8-9-19(17)20/h2,4-5,8-9,11-13,16,18H,3,6-7,10H2,1H3. The molecule has 1 aliphatic heterocycles. The summed E-state index contributed by atoms with van der Waals surface area (Å²) in [5.74, 6) is 1.23. The minimum Gasteiger partial charge on any atom is -0.341 e. The Morgan fingerprint density at radius 2 is 2.19 bits per heavy atom. The summed E-state index contributed by atoms with van der Waals surface area (Å²) >= 11 is 0. The van der Waals surface area contributed by atoms with E-state index in [0.717, 1.165) is 18.3 Å². The lowest BCUT2D eigenvalue weighted by Crippen LogP contribution is -2.31. The third kappa shape index (κ3) is 1.97. The van der Waals surface area contributed by atoms with E-state index in [1.165, 1.54) is 36.2 Å². The Balaban J connectivity index is 1.80. The van der Waals surface area contributed by atoms with Gasteiger partial charge in [-0.15, -0.1) is 0 Å². The van der Waals surface area contributed by atoms with Gasteiger partial charge in [0.05, 0.1) is 0 Å². The molecule has 2 aliphatic carbocycles. The van der Waals surface area contributed by atoms with Crippen molar-refractivity contribution in [2.24, 2.45) is 5.92 Å². The van der Waals surface area contributed by atoms with E-state index in [0.29, 0.717) is 17.9 Å². The monoisotopic (exact) mass is 279 g/mol. The fraction of sp³-hybridized carbons (Fsp3) is 0.421. The largest absolute Gasteiger partial charge is 0.341 e. The number of hydrogen-bond donors (Lipinski definition) is 0. The first-order chi connectivity index (χ1) is 10.3. The molecule has 0 bridgehead atoms. The molecule has 21 heavy (non-hydrogen) atoms. The lowest BCUT2D eigenvalue weighted by Gasteiger charge is -2.32. The second kappa shape index (κ2) is 4.87. The molecule has 1 heterocycles. The van der Waals surface area contributed by atoms with Crippen molar-refractivity contribution in [2.45, 2.75) is 44.6 Å². The number of rotatable bonds is 2. The van der Waals surface area contributed by atoms with Gasteiger partial charge in [-0.2, -0.15) is 0 Å². The first-order valence-electron chi connectivity index (χ1n) is 8.03. The summed E-state index contributed by atoms with van der Waals surface area (Å²) in [6, 6.07) is 6.84. The van der Waals surface area contributed by atoms with Crippen LogP contribution < -0.4 is 4.90 Å². The van der Waals surface area contributed by atoms with Gasteiger partial charge >= 0.3 is 0 Å². The molecule has 0 spiro atoms. The second-order valence-electron chi connectivity index (χ2n) is 6.64. The van der Waals surface area contributed by atoms with Gasteiger partial charge in [0.1, 0.15) is 6.29 Å². The number of carbonyl (C=O) groups excluding carboxylic acids is 1. The third-order valence-corrected chi connectivity index (χ3v) is 5.23. The fourth-order valence-electron chi connectivity index (χ4n) is 4.32. The number of anilines is 1. The summed E-state index contributed by atoms with van der Waals surface area (Å²) in [6.45, 7) is 2.28. The summed E-state index contributed by atoms with van der Waals surface area (Å²) in [4.78, 5) is 13.7. The van der Waals surface area contributed by atoms with Crippen LogP contribution in [0.2, 0.25) is 0 Å². The fourth-order valence-corrected chi connectivity index (χ4v) is 4.32. The maximum absolute atomic E-state index is 11.1. The third-order valence-electron chi connectivity index (χ3n) is 5.23. The van der Waals surface area contributed by atoms with Gasteiger partial charge in [0.2, 0.25) is 0 Å². The molecule has 3 atom stereocenters. The molecule has 1 saturated carbocycles. The number of nitrogens with zero attached hydrogens (tertiary/aromatic N) is 1. The molecule has 2 heteroatoms. The van der Waals surface area contributed by atoms with Crippen molar-refractivity contribution in [1.82, 2.24) is 0 Å². The molecule has 1 aromatic rings. The highest BCUT2D eigenvalue weighted by atomic mass is 16.1. The molecule has 4 rings (SSSR count). The van der Waals surface area contributed by atoms with Crippen LogP contribution in [-0.2, 0) is 0 Å². The maximum Gasteiger partial charge on any atom is 0.150 e. The lowest BCUT2D eigenvalue weighted by molar-refractivity contribution is 0.112. The van der Waals surface area contributed by atoms with Crippen molar-refractivity contribution >= 4 is 12.0 Å². The molecular formula is C19H21NO. The summed E-state index contributed by atoms with van der Waals surface area (Å²) in [7, 11) is 0. The van der Waals surface area contributed by atoms with Gasteiger partial charge in [-0.25, -0.2) is 0 Å². The van der Waals surface area contributed by atoms with Crippen LogP contribution in [0.1, 0.15) is 54.4 Å². The van der Waals surface area contributed by atoms with Gasteiger partial charge in [0, 0.05) is 28.9 Å². The van der Waals surface area contributed by atoms with Crippen LogP contribution in [0.5, 0.6) is 0 Å². The van der Waals surface area contributed by atoms with Crippen LogP contribution in [0, 0.1) is 5.92 Å². The zero-order valence-electron chi connectivity index (χ0n) is 12.5. The number of aldehydes is 1. The molecule has 0 aromatic heterocycles. The first-order valence-corrected chi connectivity index (χ1v) is 8.03. The second-order valence-corrected chi connectivity index (χ2v) is 6.64. The highest BCUT2D eigenvalue weighted by Crippen LogP contribution is 2.51. The highest BCUT2D eigenvalue weighted by molar-refractivity contribution is 5.79. The van der Waals surface area contributed by atoms with Gasteiger partial charge in [-0.05, 0) is 55.0 Å². The summed E-state index contributed by atoms with van der Waals surface area (Å²) in [6.07, 6.45) is 12.7. The van der Waals surface area contributed by atoms with Crippen molar-refractivity contribution < 1.29 is 4.79 Å². The van der Waals surface area contributed by atoms with Gasteiger partial charge in [-0.3, -0.25) is 4.79 Å². The predicted octanol–water partition coefficient (Wildman–Crippen LogP) is 4.44. The Labute approximate surface area is 126 Å².